The number of halogens is 1. The molecule has 214 valence electrons. The van der Waals surface area contributed by atoms with Gasteiger partial charge in [-0.15, -0.1) is 22.7 Å². The molecule has 0 saturated carbocycles. The van der Waals surface area contributed by atoms with E-state index in [9.17, 15) is 23.9 Å². The van der Waals surface area contributed by atoms with Crippen molar-refractivity contribution in [2.75, 3.05) is 0 Å². The molecule has 41 heavy (non-hydrogen) atoms. The van der Waals surface area contributed by atoms with Gasteiger partial charge in [-0.2, -0.15) is 0 Å². The molecular formula is C30H31FN4O4S2. The van der Waals surface area contributed by atoms with Gasteiger partial charge in [-0.1, -0.05) is 35.9 Å². The minimum absolute atomic E-state index is 0.162. The van der Waals surface area contributed by atoms with Gasteiger partial charge < -0.3 is 15.7 Å². The number of thiazole rings is 2. The quantitative estimate of drug-likeness (QED) is 0.188. The van der Waals surface area contributed by atoms with Crippen molar-refractivity contribution < 1.29 is 23.9 Å². The fourth-order valence-electron chi connectivity index (χ4n) is 4.19. The van der Waals surface area contributed by atoms with Crippen molar-refractivity contribution >= 4 is 40.3 Å². The van der Waals surface area contributed by atoms with E-state index in [1.165, 1.54) is 47.2 Å². The lowest BCUT2D eigenvalue weighted by Crippen LogP contribution is -2.51. The number of carbonyl (C=O) groups is 3. The van der Waals surface area contributed by atoms with Crippen molar-refractivity contribution in [1.82, 2.24) is 20.6 Å². The average molecular weight is 595 g/mol. The standard InChI is InChI=1S/C30H31FN4O4S2/c1-18-4-3-5-21(16-18)29-33-17-25(41-29)28(39)35-24(12-6-19(2)36)27(38)34-23(26(37)30-32-14-15-40-30)13-9-20-7-10-22(31)11-8-20/h3-5,7-8,10-11,14-17,19,23-24,36H,6,9,12-13H2,1-2H3,(H,34,38)(H,35,39)/t19?,23-,24-/m0/s1. The van der Waals surface area contributed by atoms with Crippen molar-refractivity contribution in [3.8, 4) is 10.6 Å². The molecular weight excluding hydrogens is 563 g/mol. The molecule has 8 nitrogen and oxygen atoms in total. The van der Waals surface area contributed by atoms with Crippen LogP contribution < -0.4 is 10.6 Å². The molecule has 0 spiro atoms. The van der Waals surface area contributed by atoms with E-state index in [-0.39, 0.29) is 35.9 Å². The molecule has 0 saturated heterocycles. The van der Waals surface area contributed by atoms with E-state index in [2.05, 4.69) is 20.6 Å². The first-order chi connectivity index (χ1) is 19.7. The predicted molar refractivity (Wildman–Crippen MR) is 158 cm³/mol. The first kappa shape index (κ1) is 30.2. The Balaban J connectivity index is 1.49. The predicted octanol–water partition coefficient (Wildman–Crippen LogP) is 4.97. The Hall–Kier alpha value is -3.80. The molecule has 11 heteroatoms. The van der Waals surface area contributed by atoms with E-state index in [1.54, 1.807) is 24.4 Å². The van der Waals surface area contributed by atoms with Crippen LogP contribution in [0.4, 0.5) is 4.39 Å². The van der Waals surface area contributed by atoms with Crippen LogP contribution >= 0.6 is 22.7 Å². The second kappa shape index (κ2) is 14.2. The first-order valence-electron chi connectivity index (χ1n) is 13.2. The van der Waals surface area contributed by atoms with Gasteiger partial charge >= 0.3 is 0 Å². The lowest BCUT2D eigenvalue weighted by atomic mass is 10.0. The third-order valence-electron chi connectivity index (χ3n) is 6.40. The number of benzene rings is 2. The average Bonchev–Trinajstić information content (AvgIpc) is 3.67. The van der Waals surface area contributed by atoms with Crippen LogP contribution in [0.5, 0.6) is 0 Å². The Bertz CT molecular complexity index is 1470. The fraction of sp³-hybridized carbons (Fsp3) is 0.300. The number of ketones is 1. The van der Waals surface area contributed by atoms with Gasteiger partial charge in [-0.3, -0.25) is 14.4 Å². The number of carbonyl (C=O) groups excluding carboxylic acids is 3. The molecule has 2 aromatic carbocycles. The summed E-state index contributed by atoms with van der Waals surface area (Å²) < 4.78 is 13.3. The molecule has 2 aromatic heterocycles. The van der Waals surface area contributed by atoms with Crippen LogP contribution in [-0.4, -0.2) is 50.9 Å². The van der Waals surface area contributed by atoms with Gasteiger partial charge in [-0.05, 0) is 63.3 Å². The highest BCUT2D eigenvalue weighted by molar-refractivity contribution is 7.16. The largest absolute Gasteiger partial charge is 0.393 e. The number of Topliss-reactive ketones (excluding diaryl/α,β-unsaturated/α-hetero) is 1. The van der Waals surface area contributed by atoms with Crippen molar-refractivity contribution in [1.29, 1.82) is 0 Å². The van der Waals surface area contributed by atoms with Crippen LogP contribution in [0.1, 0.15) is 56.8 Å². The smallest absolute Gasteiger partial charge is 0.263 e. The third-order valence-corrected chi connectivity index (χ3v) is 8.23. The summed E-state index contributed by atoms with van der Waals surface area (Å²) in [5.41, 5.74) is 2.77. The number of hydrogen-bond donors (Lipinski definition) is 3. The molecule has 0 aliphatic carbocycles. The van der Waals surface area contributed by atoms with E-state index < -0.39 is 30.0 Å². The summed E-state index contributed by atoms with van der Waals surface area (Å²) in [5, 5.41) is 18.1. The number of rotatable bonds is 13. The van der Waals surface area contributed by atoms with Crippen LogP contribution in [0.15, 0.2) is 66.3 Å². The zero-order valence-electron chi connectivity index (χ0n) is 22.7. The van der Waals surface area contributed by atoms with Crippen LogP contribution in [0.2, 0.25) is 0 Å². The summed E-state index contributed by atoms with van der Waals surface area (Å²) in [6.45, 7) is 3.58. The maximum atomic E-state index is 13.5. The molecule has 4 aromatic rings. The molecule has 0 bridgehead atoms. The zero-order valence-corrected chi connectivity index (χ0v) is 24.3. The number of nitrogens with zero attached hydrogens (tertiary/aromatic N) is 2. The third kappa shape index (κ3) is 8.59. The van der Waals surface area contributed by atoms with Gasteiger partial charge in [0.2, 0.25) is 11.7 Å². The van der Waals surface area contributed by atoms with E-state index in [4.69, 9.17) is 0 Å². The van der Waals surface area contributed by atoms with Crippen LogP contribution in [-0.2, 0) is 11.2 Å². The van der Waals surface area contributed by atoms with Crippen LogP contribution in [0.25, 0.3) is 10.6 Å². The summed E-state index contributed by atoms with van der Waals surface area (Å²) >= 11 is 2.38. The second-order valence-corrected chi connectivity index (χ2v) is 11.7. The Kier molecular flexibility index (Phi) is 10.4. The normalized spacial score (nSPS) is 13.3. The summed E-state index contributed by atoms with van der Waals surface area (Å²) in [5.74, 6) is -1.72. The van der Waals surface area contributed by atoms with Crippen molar-refractivity contribution in [2.45, 2.75) is 57.7 Å². The summed E-state index contributed by atoms with van der Waals surface area (Å²) in [7, 11) is 0. The number of hydrogen-bond acceptors (Lipinski definition) is 8. The van der Waals surface area contributed by atoms with Gasteiger partial charge in [0, 0.05) is 17.1 Å². The minimum atomic E-state index is -1.00. The van der Waals surface area contributed by atoms with Gasteiger partial charge in [-0.25, -0.2) is 14.4 Å². The highest BCUT2D eigenvalue weighted by atomic mass is 32.1. The topological polar surface area (TPSA) is 121 Å². The maximum absolute atomic E-state index is 13.5. The summed E-state index contributed by atoms with van der Waals surface area (Å²) in [6.07, 6.45) is 3.38. The van der Waals surface area contributed by atoms with Gasteiger partial charge in [0.1, 0.15) is 21.7 Å². The van der Waals surface area contributed by atoms with Crippen LogP contribution in [0, 0.1) is 12.7 Å². The zero-order chi connectivity index (χ0) is 29.4. The summed E-state index contributed by atoms with van der Waals surface area (Å²) in [4.78, 5) is 48.7. The lowest BCUT2D eigenvalue weighted by molar-refractivity contribution is -0.123. The molecule has 2 heterocycles. The number of aromatic nitrogens is 2. The molecule has 3 atom stereocenters. The van der Waals surface area contributed by atoms with Gasteiger partial charge in [0.15, 0.2) is 5.01 Å². The number of amides is 2. The van der Waals surface area contributed by atoms with Crippen molar-refractivity contribution in [2.24, 2.45) is 0 Å². The highest BCUT2D eigenvalue weighted by Crippen LogP contribution is 2.26. The molecule has 2 amide bonds. The molecule has 3 N–H and O–H groups in total. The molecule has 0 fully saturated rings. The SMILES string of the molecule is Cc1cccc(-c2ncc(C(=O)N[C@@H](CCC(C)O)C(=O)N[C@@H](CCc3ccc(F)cc3)C(=O)c3nccs3)s2)c1. The number of aliphatic hydroxyl groups is 1. The van der Waals surface area contributed by atoms with E-state index in [1.807, 2.05) is 31.2 Å². The Morgan fingerprint density at radius 1 is 1.00 bits per heavy atom. The monoisotopic (exact) mass is 594 g/mol. The molecule has 1 unspecified atom stereocenters. The molecule has 4 rings (SSSR count). The molecule has 0 aliphatic rings. The molecule has 0 radical (unpaired) electrons. The fourth-order valence-corrected chi connectivity index (χ4v) is 5.64. The number of aliphatic hydroxyl groups excluding tert-OH is 1. The van der Waals surface area contributed by atoms with E-state index in [0.717, 1.165) is 16.7 Å². The Labute approximate surface area is 245 Å². The minimum Gasteiger partial charge on any atom is -0.393 e. The highest BCUT2D eigenvalue weighted by Gasteiger charge is 2.29. The van der Waals surface area contributed by atoms with Gasteiger partial charge in [0.05, 0.1) is 18.3 Å². The second-order valence-electron chi connectivity index (χ2n) is 9.78. The Morgan fingerprint density at radius 3 is 2.46 bits per heavy atom. The first-order valence-corrected chi connectivity index (χ1v) is 14.9. The lowest BCUT2D eigenvalue weighted by Gasteiger charge is -2.23. The number of aryl methyl sites for hydroxylation is 2. The maximum Gasteiger partial charge on any atom is 0.263 e. The number of nitrogens with one attached hydrogen (secondary N) is 2. The van der Waals surface area contributed by atoms with E-state index >= 15 is 0 Å². The van der Waals surface area contributed by atoms with Crippen molar-refractivity contribution in [3.63, 3.8) is 0 Å². The van der Waals surface area contributed by atoms with Gasteiger partial charge in [0.25, 0.3) is 5.91 Å². The summed E-state index contributed by atoms with van der Waals surface area (Å²) in [6, 6.07) is 11.8. The van der Waals surface area contributed by atoms with Crippen molar-refractivity contribution in [3.05, 3.63) is 93.1 Å². The molecule has 0 aliphatic heterocycles. The van der Waals surface area contributed by atoms with E-state index in [0.29, 0.717) is 16.3 Å². The van der Waals surface area contributed by atoms with Crippen LogP contribution in [0.3, 0.4) is 0 Å². The Morgan fingerprint density at radius 2 is 1.78 bits per heavy atom.